The van der Waals surface area contributed by atoms with Gasteiger partial charge in [0.25, 0.3) is 0 Å². The van der Waals surface area contributed by atoms with Crippen LogP contribution in [0.1, 0.15) is 28.1 Å². The van der Waals surface area contributed by atoms with Crippen LogP contribution in [0.3, 0.4) is 0 Å². The van der Waals surface area contributed by atoms with Gasteiger partial charge in [0.1, 0.15) is 5.82 Å². The number of aromatic nitrogens is 2. The second-order valence-corrected chi connectivity index (χ2v) is 7.22. The smallest absolute Gasteiger partial charge is 0.249 e. The van der Waals surface area contributed by atoms with Crippen LogP contribution in [0.2, 0.25) is 0 Å². The Morgan fingerprint density at radius 1 is 1.03 bits per heavy atom. The van der Waals surface area contributed by atoms with Gasteiger partial charge in [-0.15, -0.1) is 0 Å². The van der Waals surface area contributed by atoms with Crippen LogP contribution in [0.4, 0.5) is 5.82 Å². The quantitative estimate of drug-likeness (QED) is 0.453. The largest absolute Gasteiger partial charge is 0.358 e. The molecule has 0 aliphatic carbocycles. The first-order valence-corrected chi connectivity index (χ1v) is 9.66. The second kappa shape index (κ2) is 8.15. The van der Waals surface area contributed by atoms with Crippen LogP contribution in [-0.2, 0) is 11.2 Å². The third kappa shape index (κ3) is 4.43. The van der Waals surface area contributed by atoms with E-state index in [1.165, 1.54) is 5.56 Å². The number of aryl methyl sites for hydroxylation is 2. The van der Waals surface area contributed by atoms with Crippen molar-refractivity contribution in [1.82, 2.24) is 9.97 Å². The van der Waals surface area contributed by atoms with E-state index in [0.717, 1.165) is 39.8 Å². The Morgan fingerprint density at radius 2 is 1.79 bits per heavy atom. The summed E-state index contributed by atoms with van der Waals surface area (Å²) in [6, 6.07) is 22.3. The van der Waals surface area contributed by atoms with Crippen LogP contribution >= 0.6 is 0 Å². The first-order valence-electron chi connectivity index (χ1n) is 9.66. The first kappa shape index (κ1) is 18.7. The number of hydrogen-bond donors (Lipinski definition) is 2. The van der Waals surface area contributed by atoms with Gasteiger partial charge in [-0.3, -0.25) is 4.79 Å². The molecule has 0 radical (unpaired) electrons. The van der Waals surface area contributed by atoms with Crippen LogP contribution in [0.25, 0.3) is 17.0 Å². The van der Waals surface area contributed by atoms with E-state index in [1.807, 2.05) is 62.4 Å². The van der Waals surface area contributed by atoms with Crippen molar-refractivity contribution in [2.75, 3.05) is 5.32 Å². The molecule has 0 unspecified atom stereocenters. The highest BCUT2D eigenvalue weighted by Gasteiger charge is 2.10. The van der Waals surface area contributed by atoms with E-state index >= 15 is 0 Å². The van der Waals surface area contributed by atoms with Crippen molar-refractivity contribution >= 4 is 28.7 Å². The Bertz CT molecular complexity index is 1170. The lowest BCUT2D eigenvalue weighted by Gasteiger charge is -2.04. The number of H-pyrrole nitrogens is 1. The average Bonchev–Trinajstić information content (AvgIpc) is 3.03. The highest BCUT2D eigenvalue weighted by molar-refractivity contribution is 6.03. The van der Waals surface area contributed by atoms with Gasteiger partial charge in [0, 0.05) is 40.4 Å². The molecular formula is C25H23N3O. The summed E-state index contributed by atoms with van der Waals surface area (Å²) in [6.07, 6.45) is 4.23. The summed E-state index contributed by atoms with van der Waals surface area (Å²) >= 11 is 0. The molecule has 0 saturated carbocycles. The number of carbonyl (C=O) groups excluding carboxylic acids is 1. The SMILES string of the molecule is Cc1cc(C)nc(NC(=O)C=Cc2c(Cc3ccccc3)[nH]c3ccccc23)c1. The zero-order valence-electron chi connectivity index (χ0n) is 16.6. The Kier molecular flexibility index (Phi) is 5.25. The summed E-state index contributed by atoms with van der Waals surface area (Å²) in [6.45, 7) is 3.91. The van der Waals surface area contributed by atoms with E-state index in [0.29, 0.717) is 5.82 Å². The fourth-order valence-corrected chi connectivity index (χ4v) is 3.58. The lowest BCUT2D eigenvalue weighted by atomic mass is 10.0. The highest BCUT2D eigenvalue weighted by atomic mass is 16.1. The van der Waals surface area contributed by atoms with Gasteiger partial charge in [0.2, 0.25) is 5.91 Å². The molecule has 4 aromatic rings. The first-order chi connectivity index (χ1) is 14.1. The van der Waals surface area contributed by atoms with Gasteiger partial charge in [0.15, 0.2) is 0 Å². The number of rotatable bonds is 5. The Hall–Kier alpha value is -3.66. The van der Waals surface area contributed by atoms with E-state index in [-0.39, 0.29) is 5.91 Å². The predicted octanol–water partition coefficient (Wildman–Crippen LogP) is 5.42. The minimum absolute atomic E-state index is 0.196. The molecule has 2 heterocycles. The molecule has 0 fully saturated rings. The Morgan fingerprint density at radius 3 is 2.59 bits per heavy atom. The maximum atomic E-state index is 12.5. The highest BCUT2D eigenvalue weighted by Crippen LogP contribution is 2.25. The number of para-hydroxylation sites is 1. The summed E-state index contributed by atoms with van der Waals surface area (Å²) in [5.41, 5.74) is 6.36. The standard InChI is InChI=1S/C25H23N3O/c1-17-14-18(2)26-24(15-17)28-25(29)13-12-21-20-10-6-7-11-22(20)27-23(21)16-19-8-4-3-5-9-19/h3-15,27H,16H2,1-2H3,(H,26,28,29). The van der Waals surface area contributed by atoms with Gasteiger partial charge in [-0.25, -0.2) is 4.98 Å². The monoisotopic (exact) mass is 381 g/mol. The number of nitrogens with one attached hydrogen (secondary N) is 2. The van der Waals surface area contributed by atoms with Gasteiger partial charge in [-0.05, 0) is 49.2 Å². The lowest BCUT2D eigenvalue weighted by Crippen LogP contribution is -2.09. The van der Waals surface area contributed by atoms with Crippen LogP contribution in [0, 0.1) is 13.8 Å². The molecule has 0 bridgehead atoms. The molecule has 1 amide bonds. The van der Waals surface area contributed by atoms with Crippen LogP contribution < -0.4 is 5.32 Å². The zero-order valence-corrected chi connectivity index (χ0v) is 16.6. The second-order valence-electron chi connectivity index (χ2n) is 7.22. The lowest BCUT2D eigenvalue weighted by molar-refractivity contribution is -0.111. The molecule has 0 aliphatic heterocycles. The molecule has 0 atom stereocenters. The molecule has 2 N–H and O–H groups in total. The number of benzene rings is 2. The number of carbonyl (C=O) groups is 1. The van der Waals surface area contributed by atoms with Gasteiger partial charge in [-0.2, -0.15) is 0 Å². The van der Waals surface area contributed by atoms with E-state index in [4.69, 9.17) is 0 Å². The molecule has 2 aromatic heterocycles. The number of amides is 1. The number of hydrogen-bond acceptors (Lipinski definition) is 2. The molecule has 0 spiro atoms. The van der Waals surface area contributed by atoms with Gasteiger partial charge >= 0.3 is 0 Å². The van der Waals surface area contributed by atoms with Gasteiger partial charge in [-0.1, -0.05) is 48.5 Å². The molecule has 4 nitrogen and oxygen atoms in total. The molecular weight excluding hydrogens is 358 g/mol. The molecule has 29 heavy (non-hydrogen) atoms. The predicted molar refractivity (Wildman–Crippen MR) is 119 cm³/mol. The molecule has 144 valence electrons. The van der Waals surface area contributed by atoms with E-state index < -0.39 is 0 Å². The minimum Gasteiger partial charge on any atom is -0.358 e. The maximum absolute atomic E-state index is 12.5. The number of aromatic amines is 1. The van der Waals surface area contributed by atoms with Crippen molar-refractivity contribution in [3.8, 4) is 0 Å². The molecule has 2 aromatic carbocycles. The summed E-state index contributed by atoms with van der Waals surface area (Å²) in [7, 11) is 0. The summed E-state index contributed by atoms with van der Waals surface area (Å²) < 4.78 is 0. The fraction of sp³-hybridized carbons (Fsp3) is 0.120. The van der Waals surface area contributed by atoms with Crippen molar-refractivity contribution in [3.05, 3.63) is 101 Å². The normalized spacial score (nSPS) is 11.2. The molecule has 4 rings (SSSR count). The van der Waals surface area contributed by atoms with Crippen molar-refractivity contribution in [2.24, 2.45) is 0 Å². The van der Waals surface area contributed by atoms with Crippen molar-refractivity contribution < 1.29 is 4.79 Å². The number of anilines is 1. The van der Waals surface area contributed by atoms with Crippen molar-refractivity contribution in [3.63, 3.8) is 0 Å². The number of pyridine rings is 1. The van der Waals surface area contributed by atoms with Crippen molar-refractivity contribution in [2.45, 2.75) is 20.3 Å². The minimum atomic E-state index is -0.196. The Labute approximate surface area is 170 Å². The molecule has 0 saturated heterocycles. The van der Waals surface area contributed by atoms with Crippen molar-refractivity contribution in [1.29, 1.82) is 0 Å². The maximum Gasteiger partial charge on any atom is 0.249 e. The van der Waals surface area contributed by atoms with Gasteiger partial charge in [0.05, 0.1) is 0 Å². The van der Waals surface area contributed by atoms with Crippen LogP contribution in [0.5, 0.6) is 0 Å². The topological polar surface area (TPSA) is 57.8 Å². The van der Waals surface area contributed by atoms with Crippen LogP contribution in [-0.4, -0.2) is 15.9 Å². The van der Waals surface area contributed by atoms with Gasteiger partial charge < -0.3 is 10.3 Å². The average molecular weight is 381 g/mol. The summed E-state index contributed by atoms with van der Waals surface area (Å²) in [5.74, 6) is 0.374. The summed E-state index contributed by atoms with van der Waals surface area (Å²) in [5, 5.41) is 3.96. The summed E-state index contributed by atoms with van der Waals surface area (Å²) in [4.78, 5) is 20.4. The number of nitrogens with zero attached hydrogens (tertiary/aromatic N) is 1. The molecule has 0 aliphatic rings. The van der Waals surface area contributed by atoms with E-state index in [2.05, 4.69) is 39.6 Å². The van der Waals surface area contributed by atoms with E-state index in [1.54, 1.807) is 6.08 Å². The van der Waals surface area contributed by atoms with Crippen LogP contribution in [0.15, 0.2) is 72.8 Å². The number of fused-ring (bicyclic) bond motifs is 1. The third-order valence-corrected chi connectivity index (χ3v) is 4.80. The third-order valence-electron chi connectivity index (χ3n) is 4.80. The van der Waals surface area contributed by atoms with E-state index in [9.17, 15) is 4.79 Å². The fourth-order valence-electron chi connectivity index (χ4n) is 3.58. The Balaban J connectivity index is 1.62. The zero-order chi connectivity index (χ0) is 20.2. The molecule has 4 heteroatoms.